The largest absolute Gasteiger partial charge is 0.339 e. The summed E-state index contributed by atoms with van der Waals surface area (Å²) in [5, 5.41) is 0. The maximum atomic E-state index is 13.1. The van der Waals surface area contributed by atoms with Gasteiger partial charge in [0.15, 0.2) is 0 Å². The van der Waals surface area contributed by atoms with Gasteiger partial charge in [0.1, 0.15) is 5.82 Å². The normalized spacial score (nSPS) is 21.0. The zero-order valence-electron chi connectivity index (χ0n) is 15.2. The highest BCUT2D eigenvalue weighted by Crippen LogP contribution is 2.33. The number of amides is 1. The quantitative estimate of drug-likeness (QED) is 0.840. The molecule has 3 nitrogen and oxygen atoms in total. The number of fused-ring (bicyclic) bond motifs is 3. The van der Waals surface area contributed by atoms with Crippen molar-refractivity contribution in [3.05, 3.63) is 71.0 Å². The minimum atomic E-state index is -0.237. The third kappa shape index (κ3) is 3.38. The Morgan fingerprint density at radius 1 is 1.12 bits per heavy atom. The van der Waals surface area contributed by atoms with E-state index < -0.39 is 0 Å². The minimum absolute atomic E-state index is 0.0970. The molecular weight excluding hydrogens is 327 g/mol. The Hall–Kier alpha value is -2.20. The van der Waals surface area contributed by atoms with E-state index in [1.165, 1.54) is 23.3 Å². The fourth-order valence-electron chi connectivity index (χ4n) is 4.26. The fraction of sp³-hybridized carbons (Fsp3) is 0.409. The van der Waals surface area contributed by atoms with Gasteiger partial charge in [0.25, 0.3) is 0 Å². The molecule has 0 radical (unpaired) electrons. The molecule has 2 atom stereocenters. The lowest BCUT2D eigenvalue weighted by atomic mass is 9.90. The van der Waals surface area contributed by atoms with Crippen LogP contribution in [0.15, 0.2) is 48.5 Å². The van der Waals surface area contributed by atoms with Crippen molar-refractivity contribution in [1.29, 1.82) is 0 Å². The van der Waals surface area contributed by atoms with E-state index in [4.69, 9.17) is 0 Å². The molecule has 1 saturated heterocycles. The molecule has 2 heterocycles. The Morgan fingerprint density at radius 2 is 1.88 bits per heavy atom. The summed E-state index contributed by atoms with van der Waals surface area (Å²) in [6.07, 6.45) is 1.57. The highest BCUT2D eigenvalue weighted by molar-refractivity contribution is 5.77. The lowest BCUT2D eigenvalue weighted by molar-refractivity contribution is -0.134. The lowest BCUT2D eigenvalue weighted by Crippen LogP contribution is -2.52. The van der Waals surface area contributed by atoms with Gasteiger partial charge in [-0.15, -0.1) is 0 Å². The third-order valence-corrected chi connectivity index (χ3v) is 5.85. The molecule has 1 amide bonds. The van der Waals surface area contributed by atoms with Gasteiger partial charge in [-0.2, -0.15) is 0 Å². The molecule has 2 aliphatic heterocycles. The molecule has 0 aliphatic carbocycles. The van der Waals surface area contributed by atoms with E-state index in [2.05, 4.69) is 29.2 Å². The summed E-state index contributed by atoms with van der Waals surface area (Å²) in [6.45, 7) is 5.63. The zero-order chi connectivity index (χ0) is 18.1. The van der Waals surface area contributed by atoms with Crippen molar-refractivity contribution in [1.82, 2.24) is 9.80 Å². The van der Waals surface area contributed by atoms with E-state index in [-0.39, 0.29) is 17.6 Å². The molecule has 1 fully saturated rings. The van der Waals surface area contributed by atoms with Crippen molar-refractivity contribution in [3.8, 4) is 0 Å². The highest BCUT2D eigenvalue weighted by Gasteiger charge is 2.34. The SMILES string of the molecule is CC(CC(=O)N1CCN2CCc3ccccc3C2C1)c1ccc(F)cc1. The summed E-state index contributed by atoms with van der Waals surface area (Å²) in [4.78, 5) is 17.4. The Bertz CT molecular complexity index is 789. The van der Waals surface area contributed by atoms with Crippen LogP contribution in [-0.4, -0.2) is 41.9 Å². The number of rotatable bonds is 3. The first-order chi connectivity index (χ1) is 12.6. The first kappa shape index (κ1) is 17.2. The van der Waals surface area contributed by atoms with Crippen LogP contribution < -0.4 is 0 Å². The monoisotopic (exact) mass is 352 g/mol. The molecule has 2 aliphatic rings. The van der Waals surface area contributed by atoms with Gasteiger partial charge in [-0.25, -0.2) is 4.39 Å². The molecule has 2 aromatic carbocycles. The van der Waals surface area contributed by atoms with Crippen molar-refractivity contribution in [2.45, 2.75) is 31.7 Å². The topological polar surface area (TPSA) is 23.6 Å². The van der Waals surface area contributed by atoms with Crippen molar-refractivity contribution >= 4 is 5.91 Å². The Morgan fingerprint density at radius 3 is 2.69 bits per heavy atom. The van der Waals surface area contributed by atoms with E-state index in [1.54, 1.807) is 12.1 Å². The van der Waals surface area contributed by atoms with Crippen molar-refractivity contribution in [3.63, 3.8) is 0 Å². The average molecular weight is 352 g/mol. The first-order valence-electron chi connectivity index (χ1n) is 9.47. The molecule has 0 bridgehead atoms. The number of hydrogen-bond acceptors (Lipinski definition) is 2. The Balaban J connectivity index is 1.44. The predicted octanol–water partition coefficient (Wildman–Crippen LogP) is 3.76. The summed E-state index contributed by atoms with van der Waals surface area (Å²) < 4.78 is 13.1. The minimum Gasteiger partial charge on any atom is -0.339 e. The van der Waals surface area contributed by atoms with Gasteiger partial charge in [-0.3, -0.25) is 9.69 Å². The van der Waals surface area contributed by atoms with Gasteiger partial charge in [0.2, 0.25) is 5.91 Å². The van der Waals surface area contributed by atoms with E-state index in [9.17, 15) is 9.18 Å². The van der Waals surface area contributed by atoms with Crippen molar-refractivity contribution < 1.29 is 9.18 Å². The van der Waals surface area contributed by atoms with Crippen LogP contribution in [0.25, 0.3) is 0 Å². The second-order valence-electron chi connectivity index (χ2n) is 7.50. The van der Waals surface area contributed by atoms with Gasteiger partial charge < -0.3 is 4.90 Å². The third-order valence-electron chi connectivity index (χ3n) is 5.85. The average Bonchev–Trinajstić information content (AvgIpc) is 2.68. The fourth-order valence-corrected chi connectivity index (χ4v) is 4.26. The number of carbonyl (C=O) groups is 1. The molecule has 2 aromatic rings. The maximum Gasteiger partial charge on any atom is 0.223 e. The van der Waals surface area contributed by atoms with Gasteiger partial charge in [0, 0.05) is 32.6 Å². The summed E-state index contributed by atoms with van der Waals surface area (Å²) in [7, 11) is 0. The summed E-state index contributed by atoms with van der Waals surface area (Å²) in [5.41, 5.74) is 3.81. The molecule has 4 rings (SSSR count). The molecule has 0 N–H and O–H groups in total. The smallest absolute Gasteiger partial charge is 0.223 e. The van der Waals surface area contributed by atoms with Crippen molar-refractivity contribution in [2.24, 2.45) is 0 Å². The second-order valence-corrected chi connectivity index (χ2v) is 7.50. The number of carbonyl (C=O) groups excluding carboxylic acids is 1. The van der Waals surface area contributed by atoms with Crippen LogP contribution in [0.4, 0.5) is 4.39 Å². The lowest BCUT2D eigenvalue weighted by Gasteiger charge is -2.45. The highest BCUT2D eigenvalue weighted by atomic mass is 19.1. The van der Waals surface area contributed by atoms with Crippen LogP contribution in [0.3, 0.4) is 0 Å². The van der Waals surface area contributed by atoms with Crippen molar-refractivity contribution in [2.75, 3.05) is 26.2 Å². The molecular formula is C22H25FN2O. The molecule has 0 spiro atoms. The molecule has 0 aromatic heterocycles. The number of benzene rings is 2. The number of nitrogens with zero attached hydrogens (tertiary/aromatic N) is 2. The molecule has 2 unspecified atom stereocenters. The number of piperazine rings is 1. The van der Waals surface area contributed by atoms with Crippen LogP contribution in [0.1, 0.15) is 42.0 Å². The van der Waals surface area contributed by atoms with Crippen LogP contribution in [0.2, 0.25) is 0 Å². The first-order valence-corrected chi connectivity index (χ1v) is 9.47. The van der Waals surface area contributed by atoms with Gasteiger partial charge >= 0.3 is 0 Å². The summed E-state index contributed by atoms with van der Waals surface area (Å²) in [6, 6.07) is 15.4. The summed E-state index contributed by atoms with van der Waals surface area (Å²) >= 11 is 0. The number of halogens is 1. The molecule has 26 heavy (non-hydrogen) atoms. The van der Waals surface area contributed by atoms with Crippen LogP contribution in [0.5, 0.6) is 0 Å². The standard InChI is InChI=1S/C22H25FN2O/c1-16(17-6-8-19(23)9-7-17)14-22(26)25-13-12-24-11-10-18-4-2-3-5-20(18)21(24)15-25/h2-9,16,21H,10-15H2,1H3. The second kappa shape index (κ2) is 7.20. The van der Waals surface area contributed by atoms with Gasteiger partial charge in [-0.05, 0) is 41.2 Å². The van der Waals surface area contributed by atoms with E-state index in [0.717, 1.165) is 38.2 Å². The van der Waals surface area contributed by atoms with Crippen LogP contribution in [0, 0.1) is 5.82 Å². The molecule has 4 heteroatoms. The van der Waals surface area contributed by atoms with E-state index in [1.807, 2.05) is 11.8 Å². The van der Waals surface area contributed by atoms with Crippen LogP contribution >= 0.6 is 0 Å². The Kier molecular flexibility index (Phi) is 4.77. The predicted molar refractivity (Wildman–Crippen MR) is 100 cm³/mol. The van der Waals surface area contributed by atoms with Gasteiger partial charge in [0.05, 0.1) is 6.04 Å². The maximum absolute atomic E-state index is 13.1. The number of hydrogen-bond donors (Lipinski definition) is 0. The summed E-state index contributed by atoms with van der Waals surface area (Å²) in [5.74, 6) is 0.0589. The Labute approximate surface area is 154 Å². The molecule has 136 valence electrons. The van der Waals surface area contributed by atoms with E-state index >= 15 is 0 Å². The van der Waals surface area contributed by atoms with E-state index in [0.29, 0.717) is 12.5 Å². The van der Waals surface area contributed by atoms with Crippen LogP contribution in [-0.2, 0) is 11.2 Å². The zero-order valence-corrected chi connectivity index (χ0v) is 15.2. The molecule has 0 saturated carbocycles. The van der Waals surface area contributed by atoms with Gasteiger partial charge in [-0.1, -0.05) is 43.3 Å².